The van der Waals surface area contributed by atoms with Gasteiger partial charge in [-0.3, -0.25) is 9.36 Å². The van der Waals surface area contributed by atoms with Crippen LogP contribution in [0, 0.1) is 17.1 Å². The van der Waals surface area contributed by atoms with E-state index in [0.717, 1.165) is 18.5 Å². The summed E-state index contributed by atoms with van der Waals surface area (Å²) in [5.41, 5.74) is 2.73. The number of nitrogens with one attached hydrogen (secondary N) is 2. The molecule has 32 heavy (non-hydrogen) atoms. The van der Waals surface area contributed by atoms with E-state index in [9.17, 15) is 19.2 Å². The molecule has 1 amide bonds. The summed E-state index contributed by atoms with van der Waals surface area (Å²) in [7, 11) is 1.61. The number of amides is 1. The lowest BCUT2D eigenvalue weighted by Gasteiger charge is -2.18. The Labute approximate surface area is 183 Å². The highest BCUT2D eigenvalue weighted by atomic mass is 19.1. The predicted octanol–water partition coefficient (Wildman–Crippen LogP) is 1.87. The number of nitriles is 1. The molecule has 2 aromatic carbocycles. The van der Waals surface area contributed by atoms with Crippen LogP contribution in [-0.4, -0.2) is 42.3 Å². The smallest absolute Gasteiger partial charge is 0.408 e. The molecule has 0 unspecified atom stereocenters. The standard InChI is InChI=1S/C23H23FN4O4/c1-28-19-11-15(5-6-20(19)32-23(28)30)14-3-4-16(18(24)10-14)9-17(12-25)27-22(29)21-13-26-7-2-8-31-21/h3-6,10-11,17,21,26H,2,7-9,13H2,1H3,(H,27,29)/t17-,21+/m0/s1. The van der Waals surface area contributed by atoms with E-state index >= 15 is 0 Å². The largest absolute Gasteiger partial charge is 0.419 e. The average Bonchev–Trinajstić information content (AvgIpc) is 2.97. The van der Waals surface area contributed by atoms with E-state index in [2.05, 4.69) is 10.6 Å². The van der Waals surface area contributed by atoms with Crippen molar-refractivity contribution in [3.8, 4) is 17.2 Å². The second kappa shape index (κ2) is 9.34. The van der Waals surface area contributed by atoms with Gasteiger partial charge in [0.25, 0.3) is 5.91 Å². The van der Waals surface area contributed by atoms with Crippen LogP contribution in [0.1, 0.15) is 12.0 Å². The average molecular weight is 438 g/mol. The number of halogens is 1. The summed E-state index contributed by atoms with van der Waals surface area (Å²) < 4.78 is 26.9. The lowest BCUT2D eigenvalue weighted by Crippen LogP contribution is -2.46. The van der Waals surface area contributed by atoms with E-state index in [4.69, 9.17) is 9.15 Å². The first-order valence-electron chi connectivity index (χ1n) is 10.4. The first-order valence-corrected chi connectivity index (χ1v) is 10.4. The molecule has 3 aromatic rings. The van der Waals surface area contributed by atoms with Crippen molar-refractivity contribution < 1.29 is 18.3 Å². The van der Waals surface area contributed by atoms with Gasteiger partial charge in [-0.2, -0.15) is 5.26 Å². The van der Waals surface area contributed by atoms with E-state index in [-0.39, 0.29) is 12.3 Å². The van der Waals surface area contributed by atoms with Gasteiger partial charge in [-0.25, -0.2) is 9.18 Å². The topological polar surface area (TPSA) is 109 Å². The number of carbonyl (C=O) groups excluding carboxylic acids is 1. The third-order valence-electron chi connectivity index (χ3n) is 5.51. The van der Waals surface area contributed by atoms with Gasteiger partial charge in [-0.15, -0.1) is 0 Å². The first-order chi connectivity index (χ1) is 15.5. The molecule has 8 nitrogen and oxygen atoms in total. The Hall–Kier alpha value is -3.48. The van der Waals surface area contributed by atoms with Gasteiger partial charge >= 0.3 is 5.76 Å². The zero-order valence-electron chi connectivity index (χ0n) is 17.6. The van der Waals surface area contributed by atoms with Crippen molar-refractivity contribution in [3.05, 3.63) is 58.3 Å². The summed E-state index contributed by atoms with van der Waals surface area (Å²) in [6, 6.07) is 11.0. The number of fused-ring (bicyclic) bond motifs is 1. The van der Waals surface area contributed by atoms with Crippen molar-refractivity contribution in [2.75, 3.05) is 19.7 Å². The molecule has 0 radical (unpaired) electrons. The number of aryl methyl sites for hydroxylation is 1. The molecule has 0 aliphatic carbocycles. The number of nitrogens with zero attached hydrogens (tertiary/aromatic N) is 2. The van der Waals surface area contributed by atoms with Crippen molar-refractivity contribution in [1.82, 2.24) is 15.2 Å². The van der Waals surface area contributed by atoms with E-state index in [0.29, 0.717) is 35.4 Å². The second-order valence-electron chi connectivity index (χ2n) is 7.73. The lowest BCUT2D eigenvalue weighted by molar-refractivity contribution is -0.132. The van der Waals surface area contributed by atoms with Crippen LogP contribution in [0.15, 0.2) is 45.6 Å². The van der Waals surface area contributed by atoms with E-state index in [1.807, 2.05) is 6.07 Å². The summed E-state index contributed by atoms with van der Waals surface area (Å²) in [4.78, 5) is 24.1. The number of oxazole rings is 1. The van der Waals surface area contributed by atoms with Crippen molar-refractivity contribution in [2.24, 2.45) is 7.05 Å². The monoisotopic (exact) mass is 438 g/mol. The number of aromatic nitrogens is 1. The molecule has 9 heteroatoms. The molecule has 2 heterocycles. The first kappa shape index (κ1) is 21.7. The highest BCUT2D eigenvalue weighted by molar-refractivity contribution is 5.82. The molecular formula is C23H23FN4O4. The second-order valence-corrected chi connectivity index (χ2v) is 7.73. The van der Waals surface area contributed by atoms with Crippen molar-refractivity contribution >= 4 is 17.0 Å². The van der Waals surface area contributed by atoms with Crippen molar-refractivity contribution in [2.45, 2.75) is 25.0 Å². The molecule has 1 aromatic heterocycles. The molecule has 1 aliphatic heterocycles. The van der Waals surface area contributed by atoms with Crippen LogP contribution in [0.3, 0.4) is 0 Å². The maximum Gasteiger partial charge on any atom is 0.419 e. The summed E-state index contributed by atoms with van der Waals surface area (Å²) in [5, 5.41) is 15.2. The fourth-order valence-corrected chi connectivity index (χ4v) is 3.70. The van der Waals surface area contributed by atoms with Crippen LogP contribution in [0.25, 0.3) is 22.2 Å². The highest BCUT2D eigenvalue weighted by Gasteiger charge is 2.24. The Bertz CT molecular complexity index is 1240. The summed E-state index contributed by atoms with van der Waals surface area (Å²) in [6.07, 6.45) is 0.172. The number of rotatable bonds is 5. The molecule has 1 aliphatic rings. The molecule has 2 N–H and O–H groups in total. The summed E-state index contributed by atoms with van der Waals surface area (Å²) >= 11 is 0. The SMILES string of the molecule is Cn1c(=O)oc2ccc(-c3ccc(C[C@@H](C#N)NC(=O)[C@H]4CNCCCO4)c(F)c3)cc21. The highest BCUT2D eigenvalue weighted by Crippen LogP contribution is 2.26. The number of benzene rings is 2. The summed E-state index contributed by atoms with van der Waals surface area (Å²) in [5.74, 6) is -1.33. The van der Waals surface area contributed by atoms with Crippen LogP contribution >= 0.6 is 0 Å². The Kier molecular flexibility index (Phi) is 6.35. The van der Waals surface area contributed by atoms with Crippen LogP contribution in [0.4, 0.5) is 4.39 Å². The van der Waals surface area contributed by atoms with Crippen LogP contribution in [0.2, 0.25) is 0 Å². The maximum absolute atomic E-state index is 14.8. The van der Waals surface area contributed by atoms with Gasteiger partial charge in [0.05, 0.1) is 11.6 Å². The zero-order valence-corrected chi connectivity index (χ0v) is 17.6. The normalized spacial score (nSPS) is 17.5. The Balaban J connectivity index is 1.49. The molecule has 2 atom stereocenters. The van der Waals surface area contributed by atoms with E-state index in [1.54, 1.807) is 37.4 Å². The fraction of sp³-hybridized carbons (Fsp3) is 0.348. The minimum Gasteiger partial charge on any atom is -0.408 e. The minimum atomic E-state index is -0.883. The number of hydrogen-bond acceptors (Lipinski definition) is 6. The van der Waals surface area contributed by atoms with Crippen LogP contribution in [-0.2, 0) is 23.0 Å². The molecule has 0 bridgehead atoms. The minimum absolute atomic E-state index is 0.0315. The molecular weight excluding hydrogens is 415 g/mol. The van der Waals surface area contributed by atoms with Gasteiger partial charge in [-0.05, 0) is 47.9 Å². The lowest BCUT2D eigenvalue weighted by atomic mass is 10.00. The Morgan fingerprint density at radius 2 is 2.12 bits per heavy atom. The fourth-order valence-electron chi connectivity index (χ4n) is 3.70. The number of hydrogen-bond donors (Lipinski definition) is 2. The Morgan fingerprint density at radius 3 is 2.91 bits per heavy atom. The van der Waals surface area contributed by atoms with Crippen molar-refractivity contribution in [3.63, 3.8) is 0 Å². The zero-order chi connectivity index (χ0) is 22.7. The van der Waals surface area contributed by atoms with E-state index < -0.39 is 23.7 Å². The molecule has 1 saturated heterocycles. The molecule has 166 valence electrons. The third kappa shape index (κ3) is 4.56. The van der Waals surface area contributed by atoms with Gasteiger partial charge < -0.3 is 19.8 Å². The molecule has 4 rings (SSSR count). The van der Waals surface area contributed by atoms with Gasteiger partial charge in [0, 0.05) is 26.6 Å². The molecule has 0 saturated carbocycles. The number of carbonyl (C=O) groups is 1. The van der Waals surface area contributed by atoms with E-state index in [1.165, 1.54) is 10.6 Å². The van der Waals surface area contributed by atoms with Gasteiger partial charge in [-0.1, -0.05) is 18.2 Å². The molecule has 1 fully saturated rings. The quantitative estimate of drug-likeness (QED) is 0.630. The van der Waals surface area contributed by atoms with Crippen LogP contribution in [0.5, 0.6) is 0 Å². The Morgan fingerprint density at radius 1 is 1.34 bits per heavy atom. The van der Waals surface area contributed by atoms with Gasteiger partial charge in [0.15, 0.2) is 5.58 Å². The van der Waals surface area contributed by atoms with Crippen LogP contribution < -0.4 is 16.4 Å². The van der Waals surface area contributed by atoms with Gasteiger partial charge in [0.1, 0.15) is 18.0 Å². The van der Waals surface area contributed by atoms with Crippen molar-refractivity contribution in [1.29, 1.82) is 5.26 Å². The predicted molar refractivity (Wildman–Crippen MR) is 115 cm³/mol. The third-order valence-corrected chi connectivity index (χ3v) is 5.51. The molecule has 0 spiro atoms. The van der Waals surface area contributed by atoms with Gasteiger partial charge in [0.2, 0.25) is 0 Å². The summed E-state index contributed by atoms with van der Waals surface area (Å²) in [6.45, 7) is 1.61. The maximum atomic E-state index is 14.8. The number of ether oxygens (including phenoxy) is 1.